The summed E-state index contributed by atoms with van der Waals surface area (Å²) in [6, 6.07) is 5.94. The molecule has 1 aliphatic heterocycles. The lowest BCUT2D eigenvalue weighted by Gasteiger charge is -2.19. The van der Waals surface area contributed by atoms with Gasteiger partial charge in [0, 0.05) is 16.9 Å². The summed E-state index contributed by atoms with van der Waals surface area (Å²) in [4.78, 5) is 14.0. The van der Waals surface area contributed by atoms with Crippen molar-refractivity contribution in [2.24, 2.45) is 5.11 Å². The molecule has 0 aliphatic carbocycles. The summed E-state index contributed by atoms with van der Waals surface area (Å²) in [6.07, 6.45) is -0.288. The highest BCUT2D eigenvalue weighted by Gasteiger charge is 2.37. The number of benzene rings is 1. The molecule has 0 radical (unpaired) electrons. The molecule has 1 heterocycles. The van der Waals surface area contributed by atoms with E-state index in [0.717, 1.165) is 0 Å². The predicted molar refractivity (Wildman–Crippen MR) is 55.5 cm³/mol. The Bertz CT molecular complexity index is 602. The maximum Gasteiger partial charge on any atom is 0.188 e. The van der Waals surface area contributed by atoms with Gasteiger partial charge in [0.15, 0.2) is 21.0 Å². The van der Waals surface area contributed by atoms with Gasteiger partial charge in [0.05, 0.1) is 4.90 Å². The largest absolute Gasteiger partial charge is 0.294 e. The SMILES string of the molecule is [N-]=[N+]=NC1CC(=O)c2ccccc2S1(=O)=O. The van der Waals surface area contributed by atoms with Crippen molar-refractivity contribution in [1.29, 1.82) is 0 Å². The van der Waals surface area contributed by atoms with Gasteiger partial charge >= 0.3 is 0 Å². The number of Topliss-reactive ketones (excluding diaryl/α,β-unsaturated/α-hetero) is 1. The lowest BCUT2D eigenvalue weighted by Crippen LogP contribution is -2.29. The number of azide groups is 1. The van der Waals surface area contributed by atoms with Crippen LogP contribution in [0.1, 0.15) is 16.8 Å². The first kappa shape index (κ1) is 10.7. The molecular formula is C9H7N3O3S. The number of fused-ring (bicyclic) bond motifs is 1. The van der Waals surface area contributed by atoms with Crippen molar-refractivity contribution >= 4 is 15.6 Å². The van der Waals surface area contributed by atoms with Gasteiger partial charge in [-0.2, -0.15) is 0 Å². The highest BCUT2D eigenvalue weighted by molar-refractivity contribution is 7.92. The fraction of sp³-hybridized carbons (Fsp3) is 0.222. The molecule has 0 spiro atoms. The van der Waals surface area contributed by atoms with Gasteiger partial charge in [0.2, 0.25) is 0 Å². The van der Waals surface area contributed by atoms with Gasteiger partial charge in [0.25, 0.3) is 0 Å². The van der Waals surface area contributed by atoms with Crippen LogP contribution in [0.2, 0.25) is 0 Å². The molecule has 1 aromatic rings. The molecule has 0 aromatic heterocycles. The number of sulfone groups is 1. The Morgan fingerprint density at radius 3 is 2.75 bits per heavy atom. The molecule has 6 nitrogen and oxygen atoms in total. The maximum atomic E-state index is 11.9. The molecular weight excluding hydrogens is 230 g/mol. The monoisotopic (exact) mass is 237 g/mol. The highest BCUT2D eigenvalue weighted by atomic mass is 32.2. The quantitative estimate of drug-likeness (QED) is 0.422. The van der Waals surface area contributed by atoms with Crippen LogP contribution in [-0.2, 0) is 9.84 Å². The first-order valence-electron chi connectivity index (χ1n) is 4.47. The third-order valence-electron chi connectivity index (χ3n) is 2.39. The zero-order valence-corrected chi connectivity index (χ0v) is 8.88. The molecule has 82 valence electrons. The number of carbonyl (C=O) groups is 1. The summed E-state index contributed by atoms with van der Waals surface area (Å²) in [5.74, 6) is -0.317. The molecule has 1 aromatic carbocycles. The van der Waals surface area contributed by atoms with E-state index in [0.29, 0.717) is 0 Å². The van der Waals surface area contributed by atoms with Crippen LogP contribution in [0.25, 0.3) is 10.4 Å². The van der Waals surface area contributed by atoms with Gasteiger partial charge in [-0.05, 0) is 11.6 Å². The van der Waals surface area contributed by atoms with Crippen molar-refractivity contribution in [3.63, 3.8) is 0 Å². The van der Waals surface area contributed by atoms with Gasteiger partial charge in [-0.1, -0.05) is 23.3 Å². The summed E-state index contributed by atoms with van der Waals surface area (Å²) < 4.78 is 23.8. The molecule has 0 N–H and O–H groups in total. The second kappa shape index (κ2) is 3.62. The second-order valence-electron chi connectivity index (χ2n) is 3.33. The fourth-order valence-electron chi connectivity index (χ4n) is 1.63. The summed E-state index contributed by atoms with van der Waals surface area (Å²) in [6.45, 7) is 0. The van der Waals surface area contributed by atoms with Crippen molar-refractivity contribution in [1.82, 2.24) is 0 Å². The molecule has 16 heavy (non-hydrogen) atoms. The van der Waals surface area contributed by atoms with Crippen LogP contribution in [0.3, 0.4) is 0 Å². The van der Waals surface area contributed by atoms with E-state index in [2.05, 4.69) is 10.0 Å². The lowest BCUT2D eigenvalue weighted by atomic mass is 10.1. The normalized spacial score (nSPS) is 22.0. The summed E-state index contributed by atoms with van der Waals surface area (Å²) in [7, 11) is -3.72. The summed E-state index contributed by atoms with van der Waals surface area (Å²) in [5.41, 5.74) is 8.44. The number of carbonyl (C=O) groups excluding carboxylic acids is 1. The van der Waals surface area contributed by atoms with Crippen molar-refractivity contribution in [3.05, 3.63) is 40.3 Å². The number of nitrogens with zero attached hydrogens (tertiary/aromatic N) is 3. The maximum absolute atomic E-state index is 11.9. The van der Waals surface area contributed by atoms with E-state index in [4.69, 9.17) is 5.53 Å². The minimum absolute atomic E-state index is 0.0522. The van der Waals surface area contributed by atoms with Crippen LogP contribution in [0.15, 0.2) is 34.3 Å². The standard InChI is InChI=1S/C9H7N3O3S/c10-12-11-9-5-7(13)6-3-1-2-4-8(6)16(9,14)15/h1-4,9H,5H2. The number of ketones is 1. The van der Waals surface area contributed by atoms with E-state index in [9.17, 15) is 13.2 Å². The Morgan fingerprint density at radius 1 is 1.38 bits per heavy atom. The Morgan fingerprint density at radius 2 is 2.06 bits per heavy atom. The number of hydrogen-bond donors (Lipinski definition) is 0. The van der Waals surface area contributed by atoms with E-state index in [1.165, 1.54) is 18.2 Å². The van der Waals surface area contributed by atoms with Crippen LogP contribution < -0.4 is 0 Å². The van der Waals surface area contributed by atoms with E-state index in [1.54, 1.807) is 6.07 Å². The van der Waals surface area contributed by atoms with Crippen LogP contribution in [-0.4, -0.2) is 19.6 Å². The van der Waals surface area contributed by atoms with E-state index in [-0.39, 0.29) is 22.7 Å². The number of hydrogen-bond acceptors (Lipinski definition) is 4. The predicted octanol–water partition coefficient (Wildman–Crippen LogP) is 1.68. The van der Waals surface area contributed by atoms with Crippen LogP contribution in [0.4, 0.5) is 0 Å². The lowest BCUT2D eigenvalue weighted by molar-refractivity contribution is 0.0975. The van der Waals surface area contributed by atoms with E-state index >= 15 is 0 Å². The third-order valence-corrected chi connectivity index (χ3v) is 4.34. The van der Waals surface area contributed by atoms with Crippen molar-refractivity contribution in [3.8, 4) is 0 Å². The summed E-state index contributed by atoms with van der Waals surface area (Å²) >= 11 is 0. The van der Waals surface area contributed by atoms with Crippen LogP contribution in [0.5, 0.6) is 0 Å². The average Bonchev–Trinajstić information content (AvgIpc) is 2.27. The average molecular weight is 237 g/mol. The molecule has 0 amide bonds. The van der Waals surface area contributed by atoms with Gasteiger partial charge in [-0.3, -0.25) is 4.79 Å². The van der Waals surface area contributed by atoms with Crippen molar-refractivity contribution in [2.75, 3.05) is 0 Å². The van der Waals surface area contributed by atoms with E-state index < -0.39 is 15.2 Å². The topological polar surface area (TPSA) is 100.0 Å². The number of rotatable bonds is 1. The van der Waals surface area contributed by atoms with Gasteiger partial charge in [-0.25, -0.2) is 8.42 Å². The summed E-state index contributed by atoms with van der Waals surface area (Å²) in [5, 5.41) is 1.84. The molecule has 1 atom stereocenters. The molecule has 0 fully saturated rings. The van der Waals surface area contributed by atoms with Crippen molar-refractivity contribution in [2.45, 2.75) is 16.7 Å². The minimum atomic E-state index is -3.72. The molecule has 7 heteroatoms. The zero-order chi connectivity index (χ0) is 11.8. The van der Waals surface area contributed by atoms with E-state index in [1.807, 2.05) is 0 Å². The third kappa shape index (κ3) is 1.46. The second-order valence-corrected chi connectivity index (χ2v) is 5.40. The fourth-order valence-corrected chi connectivity index (χ4v) is 3.22. The van der Waals surface area contributed by atoms with Crippen LogP contribution >= 0.6 is 0 Å². The Hall–Kier alpha value is -1.85. The Labute approximate surface area is 91.4 Å². The van der Waals surface area contributed by atoms with Gasteiger partial charge in [0.1, 0.15) is 0 Å². The Kier molecular flexibility index (Phi) is 2.41. The van der Waals surface area contributed by atoms with Gasteiger partial charge in [-0.15, -0.1) is 0 Å². The molecule has 1 unspecified atom stereocenters. The first-order chi connectivity index (χ1) is 7.57. The molecule has 0 saturated heterocycles. The highest BCUT2D eigenvalue weighted by Crippen LogP contribution is 2.30. The van der Waals surface area contributed by atoms with Crippen LogP contribution in [0, 0.1) is 0 Å². The molecule has 1 aliphatic rings. The molecule has 2 rings (SSSR count). The minimum Gasteiger partial charge on any atom is -0.294 e. The van der Waals surface area contributed by atoms with Gasteiger partial charge < -0.3 is 0 Å². The first-order valence-corrected chi connectivity index (χ1v) is 6.02. The zero-order valence-electron chi connectivity index (χ0n) is 8.07. The molecule has 0 bridgehead atoms. The molecule has 0 saturated carbocycles. The Balaban J connectivity index is 2.70. The van der Waals surface area contributed by atoms with Crippen molar-refractivity contribution < 1.29 is 13.2 Å². The smallest absolute Gasteiger partial charge is 0.188 e.